The van der Waals surface area contributed by atoms with Crippen LogP contribution < -0.4 is 5.32 Å². The first-order valence-electron chi connectivity index (χ1n) is 5.56. The van der Waals surface area contributed by atoms with Crippen LogP contribution in [0.1, 0.15) is 41.4 Å². The maximum Gasteiger partial charge on any atom is 0.119 e. The second-order valence-corrected chi connectivity index (χ2v) is 5.02. The van der Waals surface area contributed by atoms with Gasteiger partial charge in [0.2, 0.25) is 0 Å². The Labute approximate surface area is 94.9 Å². The van der Waals surface area contributed by atoms with Crippen molar-refractivity contribution in [1.82, 2.24) is 10.3 Å². The molecule has 84 valence electrons. The van der Waals surface area contributed by atoms with Crippen molar-refractivity contribution in [3.63, 3.8) is 0 Å². The lowest BCUT2D eigenvalue weighted by Gasteiger charge is -2.21. The molecule has 4 heteroatoms. The molecule has 1 unspecified atom stereocenters. The summed E-state index contributed by atoms with van der Waals surface area (Å²) in [6, 6.07) is 0.473. The molecule has 0 fully saturated rings. The quantitative estimate of drug-likeness (QED) is 0.855. The zero-order chi connectivity index (χ0) is 10.7. The second-order valence-electron chi connectivity index (χ2n) is 3.85. The number of aryl methyl sites for hydroxylation is 1. The van der Waals surface area contributed by atoms with Gasteiger partial charge in [0.15, 0.2) is 0 Å². The van der Waals surface area contributed by atoms with Crippen molar-refractivity contribution in [3.05, 3.63) is 15.6 Å². The molecule has 1 aromatic heterocycles. The molecule has 0 spiro atoms. The third-order valence-electron chi connectivity index (χ3n) is 2.72. The monoisotopic (exact) mass is 226 g/mol. The summed E-state index contributed by atoms with van der Waals surface area (Å²) in [7, 11) is 1.72. The summed E-state index contributed by atoms with van der Waals surface area (Å²) in [5, 5.41) is 4.62. The lowest BCUT2D eigenvalue weighted by Crippen LogP contribution is -2.24. The number of methoxy groups -OCH3 is 1. The van der Waals surface area contributed by atoms with Gasteiger partial charge in [-0.3, -0.25) is 0 Å². The van der Waals surface area contributed by atoms with Crippen molar-refractivity contribution >= 4 is 11.3 Å². The molecule has 0 amide bonds. The van der Waals surface area contributed by atoms with Crippen molar-refractivity contribution in [3.8, 4) is 0 Å². The molecule has 0 bridgehead atoms. The fourth-order valence-corrected chi connectivity index (χ4v) is 3.24. The van der Waals surface area contributed by atoms with Crippen LogP contribution in [-0.2, 0) is 17.8 Å². The summed E-state index contributed by atoms with van der Waals surface area (Å²) in [5.41, 5.74) is 1.28. The second kappa shape index (κ2) is 5.05. The van der Waals surface area contributed by atoms with Gasteiger partial charge in [-0.2, -0.15) is 0 Å². The van der Waals surface area contributed by atoms with Crippen LogP contribution >= 0.6 is 11.3 Å². The summed E-state index contributed by atoms with van der Waals surface area (Å²) >= 11 is 1.81. The molecule has 3 nitrogen and oxygen atoms in total. The normalized spacial score (nSPS) is 20.3. The first-order valence-corrected chi connectivity index (χ1v) is 6.37. The highest BCUT2D eigenvalue weighted by Gasteiger charge is 2.23. The van der Waals surface area contributed by atoms with E-state index in [4.69, 9.17) is 4.74 Å². The van der Waals surface area contributed by atoms with Crippen LogP contribution in [0.15, 0.2) is 0 Å². The van der Waals surface area contributed by atoms with Crippen LogP contribution in [0.3, 0.4) is 0 Å². The molecule has 2 rings (SSSR count). The van der Waals surface area contributed by atoms with E-state index < -0.39 is 0 Å². The standard InChI is InChI=1S/C11H18N2OS/c1-3-12-8-5-4-6-9-11(8)13-10(15-9)7-14-2/h8,12H,3-7H2,1-2H3. The topological polar surface area (TPSA) is 34.1 Å². The van der Waals surface area contributed by atoms with E-state index in [-0.39, 0.29) is 0 Å². The Hall–Kier alpha value is -0.450. The highest BCUT2D eigenvalue weighted by molar-refractivity contribution is 7.11. The fourth-order valence-electron chi connectivity index (χ4n) is 2.10. The Morgan fingerprint density at radius 2 is 2.47 bits per heavy atom. The van der Waals surface area contributed by atoms with Crippen molar-refractivity contribution in [2.45, 2.75) is 38.8 Å². The maximum absolute atomic E-state index is 5.13. The summed E-state index contributed by atoms with van der Waals surface area (Å²) < 4.78 is 5.13. The number of hydrogen-bond donors (Lipinski definition) is 1. The lowest BCUT2D eigenvalue weighted by molar-refractivity contribution is 0.184. The number of fused-ring (bicyclic) bond motifs is 1. The molecular weight excluding hydrogens is 208 g/mol. The predicted molar refractivity (Wildman–Crippen MR) is 62.2 cm³/mol. The number of nitrogens with one attached hydrogen (secondary N) is 1. The van der Waals surface area contributed by atoms with Crippen molar-refractivity contribution in [2.24, 2.45) is 0 Å². The average molecular weight is 226 g/mol. The molecule has 0 saturated heterocycles. The number of nitrogens with zero attached hydrogens (tertiary/aromatic N) is 1. The van der Waals surface area contributed by atoms with Crippen molar-refractivity contribution in [2.75, 3.05) is 13.7 Å². The third kappa shape index (κ3) is 2.38. The molecule has 1 heterocycles. The molecule has 1 aliphatic carbocycles. The summed E-state index contributed by atoms with van der Waals surface area (Å²) in [4.78, 5) is 6.13. The van der Waals surface area contributed by atoms with Crippen LogP contribution in [-0.4, -0.2) is 18.6 Å². The van der Waals surface area contributed by atoms with Crippen molar-refractivity contribution in [1.29, 1.82) is 0 Å². The van der Waals surface area contributed by atoms with Gasteiger partial charge in [-0.05, 0) is 25.8 Å². The Kier molecular flexibility index (Phi) is 3.72. The molecule has 1 aliphatic rings. The Morgan fingerprint density at radius 1 is 1.60 bits per heavy atom. The molecule has 0 radical (unpaired) electrons. The Morgan fingerprint density at radius 3 is 3.20 bits per heavy atom. The molecule has 0 saturated carbocycles. The molecule has 15 heavy (non-hydrogen) atoms. The Bertz CT molecular complexity index is 324. The van der Waals surface area contributed by atoms with Gasteiger partial charge in [-0.1, -0.05) is 6.92 Å². The van der Waals surface area contributed by atoms with Crippen LogP contribution in [0.2, 0.25) is 0 Å². The first-order chi connectivity index (χ1) is 7.35. The minimum Gasteiger partial charge on any atom is -0.378 e. The Balaban J connectivity index is 2.18. The summed E-state index contributed by atoms with van der Waals surface area (Å²) in [6.45, 7) is 3.81. The van der Waals surface area contributed by atoms with Gasteiger partial charge >= 0.3 is 0 Å². The van der Waals surface area contributed by atoms with Gasteiger partial charge in [-0.15, -0.1) is 11.3 Å². The number of hydrogen-bond acceptors (Lipinski definition) is 4. The van der Waals surface area contributed by atoms with Gasteiger partial charge < -0.3 is 10.1 Å². The van der Waals surface area contributed by atoms with Crippen LogP contribution in [0, 0.1) is 0 Å². The predicted octanol–water partition coefficient (Wildman–Crippen LogP) is 2.28. The lowest BCUT2D eigenvalue weighted by atomic mass is 9.98. The van der Waals surface area contributed by atoms with E-state index in [1.165, 1.54) is 29.8 Å². The molecule has 0 aromatic carbocycles. The van der Waals surface area contributed by atoms with Crippen LogP contribution in [0.25, 0.3) is 0 Å². The number of thiazole rings is 1. The average Bonchev–Trinajstić information content (AvgIpc) is 2.62. The smallest absolute Gasteiger partial charge is 0.119 e. The van der Waals surface area contributed by atoms with Crippen molar-refractivity contribution < 1.29 is 4.74 Å². The maximum atomic E-state index is 5.13. The number of ether oxygens (including phenoxy) is 1. The molecule has 1 atom stereocenters. The fraction of sp³-hybridized carbons (Fsp3) is 0.727. The molecule has 0 aliphatic heterocycles. The minimum atomic E-state index is 0.473. The van der Waals surface area contributed by atoms with Gasteiger partial charge in [0.25, 0.3) is 0 Å². The highest BCUT2D eigenvalue weighted by Crippen LogP contribution is 2.33. The molecule has 1 aromatic rings. The SMILES string of the molecule is CCNC1CCCc2sc(COC)nc21. The number of rotatable bonds is 4. The van der Waals surface area contributed by atoms with Gasteiger partial charge in [-0.25, -0.2) is 4.98 Å². The van der Waals surface area contributed by atoms with E-state index in [1.807, 2.05) is 11.3 Å². The largest absolute Gasteiger partial charge is 0.378 e. The van der Waals surface area contributed by atoms with Gasteiger partial charge in [0.1, 0.15) is 5.01 Å². The first kappa shape index (κ1) is 11.0. The van der Waals surface area contributed by atoms with E-state index in [9.17, 15) is 0 Å². The van der Waals surface area contributed by atoms with E-state index in [0.29, 0.717) is 12.6 Å². The van der Waals surface area contributed by atoms with Crippen LogP contribution in [0.5, 0.6) is 0 Å². The minimum absolute atomic E-state index is 0.473. The molecular formula is C11H18N2OS. The zero-order valence-electron chi connectivity index (χ0n) is 9.38. The van der Waals surface area contributed by atoms with E-state index >= 15 is 0 Å². The van der Waals surface area contributed by atoms with Gasteiger partial charge in [0.05, 0.1) is 18.3 Å². The highest BCUT2D eigenvalue weighted by atomic mass is 32.1. The van der Waals surface area contributed by atoms with E-state index in [1.54, 1.807) is 7.11 Å². The summed E-state index contributed by atoms with van der Waals surface area (Å²) in [5.74, 6) is 0. The van der Waals surface area contributed by atoms with E-state index in [0.717, 1.165) is 11.6 Å². The van der Waals surface area contributed by atoms with Gasteiger partial charge in [0, 0.05) is 12.0 Å². The number of aromatic nitrogens is 1. The summed E-state index contributed by atoms with van der Waals surface area (Å²) in [6.07, 6.45) is 3.69. The molecule has 1 N–H and O–H groups in total. The van der Waals surface area contributed by atoms with Crippen LogP contribution in [0.4, 0.5) is 0 Å². The van der Waals surface area contributed by atoms with E-state index in [2.05, 4.69) is 17.2 Å². The zero-order valence-corrected chi connectivity index (χ0v) is 10.2. The third-order valence-corrected chi connectivity index (χ3v) is 3.82.